The molecule has 0 bridgehead atoms. The zero-order valence-electron chi connectivity index (χ0n) is 14.3. The summed E-state index contributed by atoms with van der Waals surface area (Å²) in [4.78, 5) is 23.5. The minimum atomic E-state index is -0.347. The van der Waals surface area contributed by atoms with Crippen LogP contribution in [-0.4, -0.2) is 25.0 Å². The molecule has 0 radical (unpaired) electrons. The number of amides is 2. The minimum Gasteiger partial charge on any atom is -0.484 e. The Balaban J connectivity index is 1.67. The number of aryl methyl sites for hydroxylation is 2. The molecule has 0 unspecified atom stereocenters. The van der Waals surface area contributed by atoms with Gasteiger partial charge in [0.05, 0.1) is 6.54 Å². The molecule has 2 N–H and O–H groups in total. The van der Waals surface area contributed by atoms with E-state index in [-0.39, 0.29) is 25.0 Å². The summed E-state index contributed by atoms with van der Waals surface area (Å²) in [6, 6.07) is 12.8. The van der Waals surface area contributed by atoms with Crippen molar-refractivity contribution < 1.29 is 14.3 Å². The first kappa shape index (κ1) is 18.8. The fraction of sp³-hybridized carbons (Fsp3) is 0.263. The first-order valence-electron chi connectivity index (χ1n) is 7.92. The highest BCUT2D eigenvalue weighted by Crippen LogP contribution is 2.16. The van der Waals surface area contributed by atoms with Crippen molar-refractivity contribution in [2.45, 2.75) is 20.4 Å². The Hall–Kier alpha value is -2.53. The number of hydrogen-bond acceptors (Lipinski definition) is 3. The van der Waals surface area contributed by atoms with E-state index in [0.717, 1.165) is 16.7 Å². The van der Waals surface area contributed by atoms with Crippen LogP contribution in [0.1, 0.15) is 16.7 Å². The number of rotatable bonds is 7. The lowest BCUT2D eigenvalue weighted by Crippen LogP contribution is -2.38. The first-order chi connectivity index (χ1) is 11.9. The molecule has 0 aliphatic carbocycles. The lowest BCUT2D eigenvalue weighted by molar-refractivity contribution is -0.127. The zero-order chi connectivity index (χ0) is 18.2. The van der Waals surface area contributed by atoms with E-state index in [1.54, 1.807) is 12.1 Å². The van der Waals surface area contributed by atoms with Crippen molar-refractivity contribution in [3.8, 4) is 5.75 Å². The molecule has 5 nitrogen and oxygen atoms in total. The van der Waals surface area contributed by atoms with E-state index in [2.05, 4.69) is 10.6 Å². The average molecular weight is 361 g/mol. The Morgan fingerprint density at radius 1 is 0.960 bits per heavy atom. The Labute approximate surface area is 152 Å². The van der Waals surface area contributed by atoms with Crippen LogP contribution in [0.3, 0.4) is 0 Å². The van der Waals surface area contributed by atoms with Gasteiger partial charge in [0.2, 0.25) is 5.91 Å². The van der Waals surface area contributed by atoms with Crippen molar-refractivity contribution in [2.75, 3.05) is 13.2 Å². The maximum atomic E-state index is 11.8. The van der Waals surface area contributed by atoms with Crippen molar-refractivity contribution in [3.63, 3.8) is 0 Å². The van der Waals surface area contributed by atoms with Crippen LogP contribution in [0.5, 0.6) is 5.75 Å². The van der Waals surface area contributed by atoms with Crippen LogP contribution in [0, 0.1) is 13.8 Å². The van der Waals surface area contributed by atoms with Crippen LogP contribution >= 0.6 is 11.6 Å². The molecule has 0 fully saturated rings. The van der Waals surface area contributed by atoms with Gasteiger partial charge in [0.1, 0.15) is 5.75 Å². The normalized spacial score (nSPS) is 10.2. The highest BCUT2D eigenvalue weighted by Gasteiger charge is 2.07. The summed E-state index contributed by atoms with van der Waals surface area (Å²) in [5.74, 6) is 0.0137. The molecule has 0 spiro atoms. The Morgan fingerprint density at radius 2 is 1.68 bits per heavy atom. The largest absolute Gasteiger partial charge is 0.484 e. The number of halogens is 1. The summed E-state index contributed by atoms with van der Waals surface area (Å²) in [5.41, 5.74) is 3.19. The second-order valence-corrected chi connectivity index (χ2v) is 6.15. The van der Waals surface area contributed by atoms with Crippen molar-refractivity contribution in [3.05, 3.63) is 64.2 Å². The van der Waals surface area contributed by atoms with E-state index >= 15 is 0 Å². The fourth-order valence-electron chi connectivity index (χ4n) is 2.05. The lowest BCUT2D eigenvalue weighted by Gasteiger charge is -2.09. The van der Waals surface area contributed by atoms with Crippen LogP contribution in [-0.2, 0) is 16.1 Å². The van der Waals surface area contributed by atoms with Gasteiger partial charge in [0.15, 0.2) is 6.61 Å². The van der Waals surface area contributed by atoms with Crippen molar-refractivity contribution >= 4 is 23.4 Å². The van der Waals surface area contributed by atoms with Crippen LogP contribution < -0.4 is 15.4 Å². The monoisotopic (exact) mass is 360 g/mol. The molecule has 0 atom stereocenters. The predicted molar refractivity (Wildman–Crippen MR) is 97.7 cm³/mol. The van der Waals surface area contributed by atoms with Gasteiger partial charge in [-0.1, -0.05) is 29.8 Å². The summed E-state index contributed by atoms with van der Waals surface area (Å²) in [7, 11) is 0. The van der Waals surface area contributed by atoms with E-state index in [9.17, 15) is 9.59 Å². The summed E-state index contributed by atoms with van der Waals surface area (Å²) >= 11 is 5.80. The number of carbonyl (C=O) groups is 2. The molecule has 2 amide bonds. The average Bonchev–Trinajstić information content (AvgIpc) is 2.60. The standard InChI is InChI=1S/C19H21ClN2O3/c1-13-3-8-17(9-14(13)2)25-12-19(24)22-11-18(23)21-10-15-4-6-16(20)7-5-15/h3-9H,10-12H2,1-2H3,(H,21,23)(H,22,24). The van der Waals surface area contributed by atoms with E-state index in [1.807, 2.05) is 44.2 Å². The number of ether oxygens (including phenoxy) is 1. The maximum Gasteiger partial charge on any atom is 0.258 e. The third-order valence-corrected chi connectivity index (χ3v) is 3.95. The summed E-state index contributed by atoms with van der Waals surface area (Å²) in [6.07, 6.45) is 0. The topological polar surface area (TPSA) is 67.4 Å². The van der Waals surface area contributed by atoms with Gasteiger partial charge in [-0.3, -0.25) is 9.59 Å². The molecule has 0 aromatic heterocycles. The Bertz CT molecular complexity index is 745. The zero-order valence-corrected chi connectivity index (χ0v) is 15.0. The molecular weight excluding hydrogens is 340 g/mol. The van der Waals surface area contributed by atoms with Gasteiger partial charge < -0.3 is 15.4 Å². The molecule has 6 heteroatoms. The smallest absolute Gasteiger partial charge is 0.258 e. The number of benzene rings is 2. The molecule has 132 valence electrons. The van der Waals surface area contributed by atoms with Crippen molar-refractivity contribution in [1.82, 2.24) is 10.6 Å². The molecule has 0 saturated carbocycles. The molecule has 0 saturated heterocycles. The SMILES string of the molecule is Cc1ccc(OCC(=O)NCC(=O)NCc2ccc(Cl)cc2)cc1C. The van der Waals surface area contributed by atoms with Crippen molar-refractivity contribution in [2.24, 2.45) is 0 Å². The van der Waals surface area contributed by atoms with E-state index in [4.69, 9.17) is 16.3 Å². The molecule has 0 aliphatic rings. The highest BCUT2D eigenvalue weighted by atomic mass is 35.5. The summed E-state index contributed by atoms with van der Waals surface area (Å²) in [5, 5.41) is 5.90. The van der Waals surface area contributed by atoms with Crippen molar-refractivity contribution in [1.29, 1.82) is 0 Å². The predicted octanol–water partition coefficient (Wildman–Crippen LogP) is 2.77. The van der Waals surface area contributed by atoms with E-state index in [0.29, 0.717) is 17.3 Å². The quantitative estimate of drug-likeness (QED) is 0.797. The third kappa shape index (κ3) is 6.47. The number of nitrogens with one attached hydrogen (secondary N) is 2. The Kier molecular flexibility index (Phi) is 6.83. The number of hydrogen-bond donors (Lipinski definition) is 2. The van der Waals surface area contributed by atoms with Gasteiger partial charge in [-0.15, -0.1) is 0 Å². The van der Waals surface area contributed by atoms with E-state index in [1.165, 1.54) is 0 Å². The van der Waals surface area contributed by atoms with Crippen LogP contribution in [0.2, 0.25) is 5.02 Å². The second-order valence-electron chi connectivity index (χ2n) is 5.71. The number of carbonyl (C=O) groups excluding carboxylic acids is 2. The first-order valence-corrected chi connectivity index (χ1v) is 8.30. The van der Waals surface area contributed by atoms with Crippen LogP contribution in [0.4, 0.5) is 0 Å². The van der Waals surface area contributed by atoms with Gasteiger partial charge in [-0.05, 0) is 54.8 Å². The fourth-order valence-corrected chi connectivity index (χ4v) is 2.17. The highest BCUT2D eigenvalue weighted by molar-refractivity contribution is 6.30. The molecule has 25 heavy (non-hydrogen) atoms. The van der Waals surface area contributed by atoms with Crippen LogP contribution in [0.15, 0.2) is 42.5 Å². The van der Waals surface area contributed by atoms with Crippen LogP contribution in [0.25, 0.3) is 0 Å². The van der Waals surface area contributed by atoms with Gasteiger partial charge in [-0.25, -0.2) is 0 Å². The molecule has 2 rings (SSSR count). The molecular formula is C19H21ClN2O3. The summed E-state index contributed by atoms with van der Waals surface area (Å²) < 4.78 is 5.42. The van der Waals surface area contributed by atoms with Gasteiger partial charge in [0.25, 0.3) is 5.91 Å². The molecule has 2 aromatic rings. The second kappa shape index (κ2) is 9.08. The molecule has 2 aromatic carbocycles. The summed E-state index contributed by atoms with van der Waals surface area (Å²) in [6.45, 7) is 4.14. The molecule has 0 aliphatic heterocycles. The third-order valence-electron chi connectivity index (χ3n) is 3.70. The lowest BCUT2D eigenvalue weighted by atomic mass is 10.1. The minimum absolute atomic E-state index is 0.0945. The maximum absolute atomic E-state index is 11.8. The van der Waals surface area contributed by atoms with Gasteiger partial charge in [-0.2, -0.15) is 0 Å². The van der Waals surface area contributed by atoms with Gasteiger partial charge >= 0.3 is 0 Å². The molecule has 0 heterocycles. The van der Waals surface area contributed by atoms with Gasteiger partial charge in [0, 0.05) is 11.6 Å². The van der Waals surface area contributed by atoms with E-state index < -0.39 is 0 Å². The Morgan fingerprint density at radius 3 is 2.36 bits per heavy atom.